The second-order valence-corrected chi connectivity index (χ2v) is 7.10. The van der Waals surface area contributed by atoms with Gasteiger partial charge in [-0.05, 0) is 41.5 Å². The number of methoxy groups -OCH3 is 1. The maximum Gasteiger partial charge on any atom is 0.315 e. The van der Waals surface area contributed by atoms with Crippen molar-refractivity contribution in [2.24, 2.45) is 5.73 Å². The smallest absolute Gasteiger partial charge is 0.315 e. The van der Waals surface area contributed by atoms with Crippen LogP contribution in [0, 0.1) is 0 Å². The van der Waals surface area contributed by atoms with Crippen LogP contribution in [0.25, 0.3) is 11.3 Å². The molecule has 4 rings (SSSR count). The Labute approximate surface area is 174 Å². The van der Waals surface area contributed by atoms with Gasteiger partial charge in [0.25, 0.3) is 5.91 Å². The average Bonchev–Trinajstić information content (AvgIpc) is 3.22. The van der Waals surface area contributed by atoms with Crippen molar-refractivity contribution >= 4 is 11.9 Å². The zero-order valence-corrected chi connectivity index (χ0v) is 16.6. The van der Waals surface area contributed by atoms with Crippen molar-refractivity contribution in [1.29, 1.82) is 0 Å². The molecule has 0 fully saturated rings. The molecule has 0 bridgehead atoms. The fourth-order valence-electron chi connectivity index (χ4n) is 3.39. The predicted octanol–water partition coefficient (Wildman–Crippen LogP) is 3.08. The summed E-state index contributed by atoms with van der Waals surface area (Å²) in [5.74, 6) is 0.638. The predicted molar refractivity (Wildman–Crippen MR) is 113 cm³/mol. The Morgan fingerprint density at radius 1 is 1.03 bits per heavy atom. The number of nitrogens with two attached hydrogens (primary N) is 1. The Morgan fingerprint density at radius 3 is 2.43 bits per heavy atom. The van der Waals surface area contributed by atoms with Crippen molar-refractivity contribution in [2.75, 3.05) is 7.11 Å². The largest absolute Gasteiger partial charge is 0.497 e. The molecule has 2 aromatic carbocycles. The molecule has 152 valence electrons. The Bertz CT molecular complexity index is 1080. The van der Waals surface area contributed by atoms with E-state index in [0.29, 0.717) is 25.2 Å². The highest BCUT2D eigenvalue weighted by atomic mass is 16.5. The Hall–Kier alpha value is -3.87. The van der Waals surface area contributed by atoms with Crippen LogP contribution in [0.1, 0.15) is 27.2 Å². The number of fused-ring (bicyclic) bond motifs is 1. The van der Waals surface area contributed by atoms with Crippen LogP contribution in [0.2, 0.25) is 0 Å². The third kappa shape index (κ3) is 4.10. The van der Waals surface area contributed by atoms with E-state index in [1.54, 1.807) is 24.1 Å². The first kappa shape index (κ1) is 19.4. The van der Waals surface area contributed by atoms with Gasteiger partial charge in [-0.3, -0.25) is 9.78 Å². The second-order valence-electron chi connectivity index (χ2n) is 7.10. The zero-order valence-electron chi connectivity index (χ0n) is 16.6. The third-order valence-electron chi connectivity index (χ3n) is 5.14. The number of primary amides is 1. The van der Waals surface area contributed by atoms with E-state index in [0.717, 1.165) is 33.8 Å². The first-order valence-corrected chi connectivity index (χ1v) is 9.58. The molecule has 0 atom stereocenters. The summed E-state index contributed by atoms with van der Waals surface area (Å²) in [7, 11) is 1.62. The lowest BCUT2D eigenvalue weighted by molar-refractivity contribution is 0.0951. The van der Waals surface area contributed by atoms with Gasteiger partial charge in [0, 0.05) is 24.2 Å². The lowest BCUT2D eigenvalue weighted by atomic mass is 10.1. The fourth-order valence-corrected chi connectivity index (χ4v) is 3.39. The van der Waals surface area contributed by atoms with E-state index in [4.69, 9.17) is 10.5 Å². The SMILES string of the molecule is COc1ccc(CNC(=O)c2ccc(-c3ccc4c(n3)CN(C(N)=O)C4)cc2)cc1. The van der Waals surface area contributed by atoms with Gasteiger partial charge >= 0.3 is 6.03 Å². The van der Waals surface area contributed by atoms with Crippen LogP contribution in [-0.4, -0.2) is 28.9 Å². The molecule has 3 N–H and O–H groups in total. The normalized spacial score (nSPS) is 12.4. The number of aromatic nitrogens is 1. The lowest BCUT2D eigenvalue weighted by Gasteiger charge is -2.09. The Kier molecular flexibility index (Phi) is 5.34. The number of benzene rings is 2. The number of rotatable bonds is 5. The molecule has 7 nitrogen and oxygen atoms in total. The van der Waals surface area contributed by atoms with Crippen LogP contribution in [0.15, 0.2) is 60.7 Å². The van der Waals surface area contributed by atoms with E-state index in [2.05, 4.69) is 10.3 Å². The molecule has 1 aromatic heterocycles. The van der Waals surface area contributed by atoms with E-state index >= 15 is 0 Å². The van der Waals surface area contributed by atoms with Crippen molar-refractivity contribution in [3.8, 4) is 17.0 Å². The molecular formula is C23H22N4O3. The number of carbonyl (C=O) groups excluding carboxylic acids is 2. The van der Waals surface area contributed by atoms with Crippen LogP contribution in [0.4, 0.5) is 4.79 Å². The molecule has 2 heterocycles. The summed E-state index contributed by atoms with van der Waals surface area (Å²) in [5, 5.41) is 2.92. The Morgan fingerprint density at radius 2 is 1.77 bits per heavy atom. The average molecular weight is 402 g/mol. The van der Waals surface area contributed by atoms with Gasteiger partial charge in [-0.25, -0.2) is 4.79 Å². The minimum Gasteiger partial charge on any atom is -0.497 e. The van der Waals surface area contributed by atoms with Crippen molar-refractivity contribution in [1.82, 2.24) is 15.2 Å². The summed E-state index contributed by atoms with van der Waals surface area (Å²) in [5.41, 5.74) is 10.5. The topological polar surface area (TPSA) is 97.6 Å². The van der Waals surface area contributed by atoms with Gasteiger partial charge in [0.05, 0.1) is 25.0 Å². The van der Waals surface area contributed by atoms with Gasteiger partial charge < -0.3 is 20.7 Å². The van der Waals surface area contributed by atoms with E-state index in [9.17, 15) is 9.59 Å². The Balaban J connectivity index is 1.41. The molecule has 30 heavy (non-hydrogen) atoms. The minimum absolute atomic E-state index is 0.142. The van der Waals surface area contributed by atoms with Crippen molar-refractivity contribution in [3.05, 3.63) is 83.0 Å². The maximum absolute atomic E-state index is 12.4. The minimum atomic E-state index is -0.445. The number of ether oxygens (including phenoxy) is 1. The number of nitrogens with zero attached hydrogens (tertiary/aromatic N) is 2. The summed E-state index contributed by atoms with van der Waals surface area (Å²) < 4.78 is 5.14. The molecule has 0 spiro atoms. The van der Waals surface area contributed by atoms with Crippen molar-refractivity contribution in [2.45, 2.75) is 19.6 Å². The van der Waals surface area contributed by atoms with E-state index < -0.39 is 6.03 Å². The number of pyridine rings is 1. The molecule has 0 unspecified atom stereocenters. The van der Waals surface area contributed by atoms with E-state index in [1.807, 2.05) is 48.5 Å². The molecular weight excluding hydrogens is 380 g/mol. The van der Waals surface area contributed by atoms with Crippen LogP contribution in [0.3, 0.4) is 0 Å². The van der Waals surface area contributed by atoms with Gasteiger partial charge in [0.1, 0.15) is 5.75 Å². The molecule has 0 saturated heterocycles. The van der Waals surface area contributed by atoms with Crippen molar-refractivity contribution in [3.63, 3.8) is 0 Å². The summed E-state index contributed by atoms with van der Waals surface area (Å²) in [6.07, 6.45) is 0. The van der Waals surface area contributed by atoms with E-state index in [-0.39, 0.29) is 5.91 Å². The number of amides is 3. The number of hydrogen-bond donors (Lipinski definition) is 2. The van der Waals surface area contributed by atoms with Crippen LogP contribution < -0.4 is 15.8 Å². The summed E-state index contributed by atoms with van der Waals surface area (Å²) in [6, 6.07) is 18.3. The molecule has 0 radical (unpaired) electrons. The number of nitrogens with one attached hydrogen (secondary N) is 1. The molecule has 7 heteroatoms. The summed E-state index contributed by atoms with van der Waals surface area (Å²) in [6.45, 7) is 1.35. The first-order chi connectivity index (χ1) is 14.5. The highest BCUT2D eigenvalue weighted by Gasteiger charge is 2.23. The second kappa shape index (κ2) is 8.24. The van der Waals surface area contributed by atoms with E-state index in [1.165, 1.54) is 0 Å². The van der Waals surface area contributed by atoms with Gasteiger partial charge in [0.2, 0.25) is 0 Å². The maximum atomic E-state index is 12.4. The van der Waals surface area contributed by atoms with Crippen LogP contribution in [-0.2, 0) is 19.6 Å². The van der Waals surface area contributed by atoms with Crippen molar-refractivity contribution < 1.29 is 14.3 Å². The highest BCUT2D eigenvalue weighted by Crippen LogP contribution is 2.25. The molecule has 1 aliphatic heterocycles. The molecule has 1 aliphatic rings. The standard InChI is InChI=1S/C23H22N4O3/c1-30-19-9-2-15(3-10-19)12-25-22(28)17-6-4-16(5-7-17)20-11-8-18-13-27(23(24)29)14-21(18)26-20/h2-11H,12-14H2,1H3,(H2,24,29)(H,25,28). The lowest BCUT2D eigenvalue weighted by Crippen LogP contribution is -2.30. The summed E-state index contributed by atoms with van der Waals surface area (Å²) >= 11 is 0. The van der Waals surface area contributed by atoms with Gasteiger partial charge in [0.15, 0.2) is 0 Å². The summed E-state index contributed by atoms with van der Waals surface area (Å²) in [4.78, 5) is 30.0. The van der Waals surface area contributed by atoms with Gasteiger partial charge in [-0.2, -0.15) is 0 Å². The van der Waals surface area contributed by atoms with Crippen LogP contribution >= 0.6 is 0 Å². The van der Waals surface area contributed by atoms with Crippen LogP contribution in [0.5, 0.6) is 5.75 Å². The van der Waals surface area contributed by atoms with Gasteiger partial charge in [-0.15, -0.1) is 0 Å². The molecule has 3 amide bonds. The third-order valence-corrected chi connectivity index (χ3v) is 5.14. The quantitative estimate of drug-likeness (QED) is 0.685. The first-order valence-electron chi connectivity index (χ1n) is 9.58. The molecule has 0 saturated carbocycles. The number of urea groups is 1. The highest BCUT2D eigenvalue weighted by molar-refractivity contribution is 5.94. The molecule has 3 aromatic rings. The number of hydrogen-bond acceptors (Lipinski definition) is 4. The monoisotopic (exact) mass is 402 g/mol. The van der Waals surface area contributed by atoms with Gasteiger partial charge in [-0.1, -0.05) is 30.3 Å². The molecule has 0 aliphatic carbocycles. The fraction of sp³-hybridized carbons (Fsp3) is 0.174. The zero-order chi connectivity index (χ0) is 21.1. The number of carbonyl (C=O) groups is 2.